The highest BCUT2D eigenvalue weighted by Gasteiger charge is 2.15. The summed E-state index contributed by atoms with van der Waals surface area (Å²) in [6.07, 6.45) is 5.74. The van der Waals surface area contributed by atoms with Crippen molar-refractivity contribution in [3.63, 3.8) is 0 Å². The van der Waals surface area contributed by atoms with Gasteiger partial charge in [-0.15, -0.1) is 0 Å². The van der Waals surface area contributed by atoms with Gasteiger partial charge in [0, 0.05) is 38.8 Å². The van der Waals surface area contributed by atoms with Gasteiger partial charge in [0.15, 0.2) is 0 Å². The van der Waals surface area contributed by atoms with Gasteiger partial charge in [-0.25, -0.2) is 4.98 Å². The number of carbonyl (C=O) groups is 1. The third-order valence-electron chi connectivity index (χ3n) is 3.34. The number of piperidine rings is 1. The highest BCUT2D eigenvalue weighted by atomic mass is 16.2. The topological polar surface area (TPSA) is 70.2 Å². The summed E-state index contributed by atoms with van der Waals surface area (Å²) < 4.78 is 0. The lowest BCUT2D eigenvalue weighted by Gasteiger charge is -2.26. The van der Waals surface area contributed by atoms with Gasteiger partial charge in [0.25, 0.3) is 0 Å². The number of hydrogen-bond acceptors (Lipinski definition) is 5. The van der Waals surface area contributed by atoms with Gasteiger partial charge in [-0.1, -0.05) is 0 Å². The fraction of sp³-hybridized carbons (Fsp3) is 0.643. The molecule has 2 rings (SSSR count). The molecule has 0 aromatic carbocycles. The Bertz CT molecular complexity index is 431. The molecule has 2 N–H and O–H groups in total. The molecule has 1 aliphatic rings. The Labute approximate surface area is 120 Å². The summed E-state index contributed by atoms with van der Waals surface area (Å²) in [5.74, 6) is 1.60. The van der Waals surface area contributed by atoms with Crippen LogP contribution in [0.4, 0.5) is 11.8 Å². The van der Waals surface area contributed by atoms with Crippen molar-refractivity contribution < 1.29 is 4.79 Å². The second-order valence-corrected chi connectivity index (χ2v) is 4.91. The lowest BCUT2D eigenvalue weighted by molar-refractivity contribution is -0.131. The minimum Gasteiger partial charge on any atom is -0.369 e. The first-order valence-electron chi connectivity index (χ1n) is 7.38. The van der Waals surface area contributed by atoms with Gasteiger partial charge in [-0.05, 0) is 32.3 Å². The quantitative estimate of drug-likeness (QED) is 0.828. The monoisotopic (exact) mass is 277 g/mol. The fourth-order valence-corrected chi connectivity index (χ4v) is 2.30. The predicted octanol–water partition coefficient (Wildman–Crippen LogP) is 1.72. The molecule has 110 valence electrons. The Balaban J connectivity index is 1.74. The highest BCUT2D eigenvalue weighted by molar-refractivity contribution is 5.76. The summed E-state index contributed by atoms with van der Waals surface area (Å²) in [5, 5.41) is 6.24. The summed E-state index contributed by atoms with van der Waals surface area (Å²) in [6.45, 7) is 5.23. The third-order valence-corrected chi connectivity index (χ3v) is 3.34. The Hall–Kier alpha value is -1.85. The molecule has 6 heteroatoms. The van der Waals surface area contributed by atoms with E-state index in [1.807, 2.05) is 17.9 Å². The van der Waals surface area contributed by atoms with Crippen molar-refractivity contribution in [3.05, 3.63) is 12.3 Å². The maximum Gasteiger partial charge on any atom is 0.224 e. The van der Waals surface area contributed by atoms with Crippen molar-refractivity contribution >= 4 is 17.7 Å². The third kappa shape index (κ3) is 4.36. The maximum absolute atomic E-state index is 12.0. The Morgan fingerprint density at radius 1 is 1.30 bits per heavy atom. The molecule has 2 heterocycles. The van der Waals surface area contributed by atoms with Crippen LogP contribution in [0.2, 0.25) is 0 Å². The molecule has 1 amide bonds. The summed E-state index contributed by atoms with van der Waals surface area (Å²) >= 11 is 0. The van der Waals surface area contributed by atoms with Crippen molar-refractivity contribution in [2.24, 2.45) is 0 Å². The van der Waals surface area contributed by atoms with Crippen molar-refractivity contribution in [3.8, 4) is 0 Å². The van der Waals surface area contributed by atoms with Crippen molar-refractivity contribution in [2.45, 2.75) is 32.6 Å². The normalized spacial score (nSPS) is 14.9. The molecule has 20 heavy (non-hydrogen) atoms. The average molecular weight is 277 g/mol. The number of nitrogens with one attached hydrogen (secondary N) is 2. The molecule has 0 bridgehead atoms. The smallest absolute Gasteiger partial charge is 0.224 e. The summed E-state index contributed by atoms with van der Waals surface area (Å²) in [6, 6.07) is 1.81. The molecule has 1 fully saturated rings. The van der Waals surface area contributed by atoms with E-state index in [9.17, 15) is 4.79 Å². The zero-order valence-electron chi connectivity index (χ0n) is 12.1. The molecule has 1 saturated heterocycles. The number of likely N-dealkylation sites (tertiary alicyclic amines) is 1. The lowest BCUT2D eigenvalue weighted by atomic mass is 10.1. The minimum absolute atomic E-state index is 0.234. The van der Waals surface area contributed by atoms with E-state index >= 15 is 0 Å². The van der Waals surface area contributed by atoms with Gasteiger partial charge in [-0.3, -0.25) is 4.79 Å². The number of hydrogen-bond donors (Lipinski definition) is 2. The van der Waals surface area contributed by atoms with Gasteiger partial charge < -0.3 is 15.5 Å². The molecule has 0 spiro atoms. The molecular formula is C14H23N5O. The second kappa shape index (κ2) is 7.67. The van der Waals surface area contributed by atoms with E-state index in [0.29, 0.717) is 18.9 Å². The van der Waals surface area contributed by atoms with E-state index in [1.165, 1.54) is 6.42 Å². The van der Waals surface area contributed by atoms with Gasteiger partial charge in [-0.2, -0.15) is 4.98 Å². The van der Waals surface area contributed by atoms with E-state index in [0.717, 1.165) is 38.3 Å². The zero-order valence-corrected chi connectivity index (χ0v) is 12.1. The first kappa shape index (κ1) is 14.6. The van der Waals surface area contributed by atoms with E-state index in [-0.39, 0.29) is 5.91 Å². The molecular weight excluding hydrogens is 254 g/mol. The average Bonchev–Trinajstić information content (AvgIpc) is 2.49. The fourth-order valence-electron chi connectivity index (χ4n) is 2.30. The number of nitrogens with zero attached hydrogens (tertiary/aromatic N) is 3. The summed E-state index contributed by atoms with van der Waals surface area (Å²) in [5.41, 5.74) is 0. The van der Waals surface area contributed by atoms with Crippen molar-refractivity contribution in [1.82, 2.24) is 14.9 Å². The van der Waals surface area contributed by atoms with Crippen LogP contribution in [-0.2, 0) is 4.79 Å². The lowest BCUT2D eigenvalue weighted by Crippen LogP contribution is -2.36. The molecule has 1 aliphatic heterocycles. The Morgan fingerprint density at radius 2 is 2.10 bits per heavy atom. The first-order valence-corrected chi connectivity index (χ1v) is 7.38. The molecule has 0 aliphatic carbocycles. The maximum atomic E-state index is 12.0. The molecule has 0 radical (unpaired) electrons. The summed E-state index contributed by atoms with van der Waals surface area (Å²) in [7, 11) is 0. The molecule has 0 atom stereocenters. The number of amides is 1. The van der Waals surface area contributed by atoms with Crippen LogP contribution in [0.3, 0.4) is 0 Å². The van der Waals surface area contributed by atoms with E-state index < -0.39 is 0 Å². The molecule has 0 unspecified atom stereocenters. The Morgan fingerprint density at radius 3 is 2.85 bits per heavy atom. The second-order valence-electron chi connectivity index (χ2n) is 4.91. The summed E-state index contributed by atoms with van der Waals surface area (Å²) in [4.78, 5) is 22.4. The highest BCUT2D eigenvalue weighted by Crippen LogP contribution is 2.10. The predicted molar refractivity (Wildman–Crippen MR) is 79.7 cm³/mol. The molecule has 1 aromatic rings. The zero-order chi connectivity index (χ0) is 14.2. The van der Waals surface area contributed by atoms with E-state index in [4.69, 9.17) is 0 Å². The van der Waals surface area contributed by atoms with Crippen LogP contribution >= 0.6 is 0 Å². The number of carbonyl (C=O) groups excluding carboxylic acids is 1. The van der Waals surface area contributed by atoms with Gasteiger partial charge in [0.1, 0.15) is 5.82 Å². The molecule has 6 nitrogen and oxygen atoms in total. The molecule has 1 aromatic heterocycles. The number of anilines is 2. The van der Waals surface area contributed by atoms with Crippen molar-refractivity contribution in [1.29, 1.82) is 0 Å². The van der Waals surface area contributed by atoms with Gasteiger partial charge >= 0.3 is 0 Å². The van der Waals surface area contributed by atoms with Gasteiger partial charge in [0.05, 0.1) is 0 Å². The Kier molecular flexibility index (Phi) is 5.58. The van der Waals surface area contributed by atoms with Crippen LogP contribution in [0.1, 0.15) is 32.6 Å². The number of rotatable bonds is 6. The minimum atomic E-state index is 0.234. The number of aromatic nitrogens is 2. The van der Waals surface area contributed by atoms with Crippen molar-refractivity contribution in [2.75, 3.05) is 36.8 Å². The molecule has 0 saturated carbocycles. The van der Waals surface area contributed by atoms with Crippen LogP contribution in [0.15, 0.2) is 12.3 Å². The van der Waals surface area contributed by atoms with E-state index in [2.05, 4.69) is 20.6 Å². The van der Waals surface area contributed by atoms with Crippen LogP contribution in [-0.4, -0.2) is 47.0 Å². The van der Waals surface area contributed by atoms with E-state index in [1.54, 1.807) is 6.20 Å². The largest absolute Gasteiger partial charge is 0.369 e. The first-order chi connectivity index (χ1) is 9.79. The van der Waals surface area contributed by atoms with Crippen LogP contribution in [0, 0.1) is 0 Å². The SMILES string of the molecule is CCNc1nccc(NCCC(=O)N2CCCCC2)n1. The van der Waals surface area contributed by atoms with Crippen LogP contribution in [0.5, 0.6) is 0 Å². The van der Waals surface area contributed by atoms with Crippen LogP contribution in [0.25, 0.3) is 0 Å². The van der Waals surface area contributed by atoms with Gasteiger partial charge in [0.2, 0.25) is 11.9 Å². The van der Waals surface area contributed by atoms with Crippen LogP contribution < -0.4 is 10.6 Å². The standard InChI is InChI=1S/C14H23N5O/c1-2-15-14-17-8-6-12(18-14)16-9-7-13(20)19-10-4-3-5-11-19/h6,8H,2-5,7,9-11H2,1H3,(H2,15,16,17,18).